The first-order valence-corrected chi connectivity index (χ1v) is 4.03. The minimum atomic E-state index is -0.615. The van der Waals surface area contributed by atoms with Crippen LogP contribution in [0.2, 0.25) is 0 Å². The number of rotatable bonds is 1. The molecule has 0 fully saturated rings. The Balaban J connectivity index is 2.69. The molecule has 0 spiro atoms. The maximum Gasteiger partial charge on any atom is 0.267 e. The molecule has 1 aromatic carbocycles. The van der Waals surface area contributed by atoms with Gasteiger partial charge in [0.25, 0.3) is 5.91 Å². The van der Waals surface area contributed by atoms with Crippen LogP contribution in [-0.4, -0.2) is 10.9 Å². The van der Waals surface area contributed by atoms with E-state index in [1.165, 1.54) is 18.2 Å². The lowest BCUT2D eigenvalue weighted by atomic mass is 10.2. The van der Waals surface area contributed by atoms with Crippen LogP contribution in [0.25, 0.3) is 10.9 Å². The molecule has 2 aromatic rings. The summed E-state index contributed by atoms with van der Waals surface area (Å²) in [4.78, 5) is 14.7. The molecule has 0 aliphatic carbocycles. The number of aromatic nitrogens is 1. The molecule has 3 nitrogen and oxygen atoms in total. The van der Waals surface area contributed by atoms with Gasteiger partial charge in [0.1, 0.15) is 11.5 Å². The highest BCUT2D eigenvalue weighted by molar-refractivity contribution is 5.93. The van der Waals surface area contributed by atoms with Crippen LogP contribution in [0.15, 0.2) is 30.3 Å². The predicted octanol–water partition coefficient (Wildman–Crippen LogP) is 1.47. The summed E-state index contributed by atoms with van der Waals surface area (Å²) in [6.07, 6.45) is 0. The number of nitrogens with two attached hydrogens (primary N) is 1. The summed E-state index contributed by atoms with van der Waals surface area (Å²) in [5.41, 5.74) is 5.62. The number of primary amides is 1. The molecule has 1 heterocycles. The average Bonchev–Trinajstić information content (AvgIpc) is 2.16. The van der Waals surface area contributed by atoms with Crippen molar-refractivity contribution in [2.75, 3.05) is 0 Å². The Morgan fingerprint density at radius 3 is 2.71 bits per heavy atom. The van der Waals surface area contributed by atoms with Crippen molar-refractivity contribution in [3.05, 3.63) is 41.8 Å². The van der Waals surface area contributed by atoms with Crippen LogP contribution in [0.3, 0.4) is 0 Å². The molecule has 2 N–H and O–H groups in total. The van der Waals surface area contributed by atoms with E-state index in [4.69, 9.17) is 5.73 Å². The zero-order chi connectivity index (χ0) is 10.1. The van der Waals surface area contributed by atoms with Gasteiger partial charge < -0.3 is 5.73 Å². The van der Waals surface area contributed by atoms with Crippen molar-refractivity contribution in [3.63, 3.8) is 0 Å². The van der Waals surface area contributed by atoms with Gasteiger partial charge in [-0.1, -0.05) is 6.07 Å². The molecule has 0 saturated heterocycles. The summed E-state index contributed by atoms with van der Waals surface area (Å²) >= 11 is 0. The molecule has 0 bridgehead atoms. The lowest BCUT2D eigenvalue weighted by molar-refractivity contribution is 0.0996. The number of hydrogen-bond donors (Lipinski definition) is 1. The maximum absolute atomic E-state index is 12.8. The zero-order valence-electron chi connectivity index (χ0n) is 7.20. The van der Waals surface area contributed by atoms with Gasteiger partial charge in [0.2, 0.25) is 0 Å². The van der Waals surface area contributed by atoms with Crippen LogP contribution in [-0.2, 0) is 0 Å². The first-order chi connectivity index (χ1) is 6.66. The Kier molecular flexibility index (Phi) is 1.89. The summed E-state index contributed by atoms with van der Waals surface area (Å²) in [6.45, 7) is 0. The molecule has 14 heavy (non-hydrogen) atoms. The normalized spacial score (nSPS) is 10.4. The monoisotopic (exact) mass is 190 g/mol. The highest BCUT2D eigenvalue weighted by atomic mass is 19.1. The number of amides is 1. The van der Waals surface area contributed by atoms with Crippen molar-refractivity contribution in [2.45, 2.75) is 0 Å². The first-order valence-electron chi connectivity index (χ1n) is 4.03. The van der Waals surface area contributed by atoms with Crippen LogP contribution < -0.4 is 5.73 Å². The number of pyridine rings is 1. The van der Waals surface area contributed by atoms with E-state index in [-0.39, 0.29) is 11.5 Å². The summed E-state index contributed by atoms with van der Waals surface area (Å²) in [5, 5.41) is 0.774. The molecule has 70 valence electrons. The van der Waals surface area contributed by atoms with Gasteiger partial charge in [-0.15, -0.1) is 0 Å². The van der Waals surface area contributed by atoms with Crippen molar-refractivity contribution in [2.24, 2.45) is 5.73 Å². The fraction of sp³-hybridized carbons (Fsp3) is 0. The number of halogens is 1. The fourth-order valence-corrected chi connectivity index (χ4v) is 1.23. The Morgan fingerprint density at radius 1 is 1.29 bits per heavy atom. The third-order valence-corrected chi connectivity index (χ3v) is 1.91. The van der Waals surface area contributed by atoms with Crippen molar-refractivity contribution in [1.29, 1.82) is 0 Å². The summed E-state index contributed by atoms with van der Waals surface area (Å²) < 4.78 is 12.8. The largest absolute Gasteiger partial charge is 0.364 e. The van der Waals surface area contributed by atoms with E-state index in [1.54, 1.807) is 12.1 Å². The lowest BCUT2D eigenvalue weighted by Gasteiger charge is -1.99. The van der Waals surface area contributed by atoms with Crippen molar-refractivity contribution in [3.8, 4) is 0 Å². The molecule has 4 heteroatoms. The Bertz CT molecular complexity index is 510. The van der Waals surface area contributed by atoms with Crippen LogP contribution in [0.5, 0.6) is 0 Å². The lowest BCUT2D eigenvalue weighted by Crippen LogP contribution is -2.12. The predicted molar refractivity (Wildman–Crippen MR) is 50.2 cm³/mol. The van der Waals surface area contributed by atoms with E-state index in [0.717, 1.165) is 5.39 Å². The SMILES string of the molecule is NC(=O)c1ccc2ccc(F)cc2n1. The Hall–Kier alpha value is -1.97. The second kappa shape index (κ2) is 3.06. The van der Waals surface area contributed by atoms with Crippen molar-refractivity contribution in [1.82, 2.24) is 4.98 Å². The zero-order valence-corrected chi connectivity index (χ0v) is 7.20. The Labute approximate surface area is 79.4 Å². The molecule has 0 atom stereocenters. The van der Waals surface area contributed by atoms with Gasteiger partial charge >= 0.3 is 0 Å². The molecule has 1 amide bonds. The molecule has 0 aliphatic heterocycles. The minimum absolute atomic E-state index is 0.142. The average molecular weight is 190 g/mol. The number of fused-ring (bicyclic) bond motifs is 1. The topological polar surface area (TPSA) is 56.0 Å². The van der Waals surface area contributed by atoms with E-state index < -0.39 is 5.91 Å². The molecular weight excluding hydrogens is 183 g/mol. The summed E-state index contributed by atoms with van der Waals surface area (Å²) in [6, 6.07) is 7.41. The van der Waals surface area contributed by atoms with Crippen LogP contribution in [0.1, 0.15) is 10.5 Å². The van der Waals surface area contributed by atoms with Crippen LogP contribution in [0, 0.1) is 5.82 Å². The third-order valence-electron chi connectivity index (χ3n) is 1.91. The number of benzene rings is 1. The molecule has 0 radical (unpaired) electrons. The van der Waals surface area contributed by atoms with E-state index in [1.807, 2.05) is 0 Å². The second-order valence-corrected chi connectivity index (χ2v) is 2.90. The maximum atomic E-state index is 12.8. The van der Waals surface area contributed by atoms with Crippen molar-refractivity contribution < 1.29 is 9.18 Å². The van der Waals surface area contributed by atoms with Gasteiger partial charge in [0.05, 0.1) is 5.52 Å². The Morgan fingerprint density at radius 2 is 2.00 bits per heavy atom. The summed E-state index contributed by atoms with van der Waals surface area (Å²) in [7, 11) is 0. The molecule has 0 aliphatic rings. The number of nitrogens with zero attached hydrogens (tertiary/aromatic N) is 1. The van der Waals surface area contributed by atoms with Gasteiger partial charge in [-0.3, -0.25) is 4.79 Å². The van der Waals surface area contributed by atoms with E-state index in [9.17, 15) is 9.18 Å². The standard InChI is InChI=1S/C10H7FN2O/c11-7-3-1-6-2-4-8(10(12)14)13-9(6)5-7/h1-5H,(H2,12,14). The first kappa shape index (κ1) is 8.62. The van der Waals surface area contributed by atoms with Gasteiger partial charge in [-0.25, -0.2) is 9.37 Å². The van der Waals surface area contributed by atoms with Crippen LogP contribution >= 0.6 is 0 Å². The number of carbonyl (C=O) groups excluding carboxylic acids is 1. The van der Waals surface area contributed by atoms with Gasteiger partial charge in [0.15, 0.2) is 0 Å². The molecule has 2 rings (SSSR count). The smallest absolute Gasteiger partial charge is 0.267 e. The van der Waals surface area contributed by atoms with Gasteiger partial charge in [0, 0.05) is 11.5 Å². The van der Waals surface area contributed by atoms with E-state index in [2.05, 4.69) is 4.98 Å². The fourth-order valence-electron chi connectivity index (χ4n) is 1.23. The third kappa shape index (κ3) is 1.42. The quantitative estimate of drug-likeness (QED) is 0.740. The van der Waals surface area contributed by atoms with Crippen LogP contribution in [0.4, 0.5) is 4.39 Å². The van der Waals surface area contributed by atoms with E-state index >= 15 is 0 Å². The second-order valence-electron chi connectivity index (χ2n) is 2.90. The highest BCUT2D eigenvalue weighted by Crippen LogP contribution is 2.13. The molecule has 0 unspecified atom stereocenters. The minimum Gasteiger partial charge on any atom is -0.364 e. The highest BCUT2D eigenvalue weighted by Gasteiger charge is 2.03. The van der Waals surface area contributed by atoms with Gasteiger partial charge in [-0.05, 0) is 18.2 Å². The van der Waals surface area contributed by atoms with Gasteiger partial charge in [-0.2, -0.15) is 0 Å². The molecule has 1 aromatic heterocycles. The summed E-state index contributed by atoms with van der Waals surface area (Å²) in [5.74, 6) is -0.997. The molecular formula is C10H7FN2O. The number of hydrogen-bond acceptors (Lipinski definition) is 2. The van der Waals surface area contributed by atoms with Crippen molar-refractivity contribution >= 4 is 16.8 Å². The number of carbonyl (C=O) groups is 1. The molecule has 0 saturated carbocycles. The van der Waals surface area contributed by atoms with E-state index in [0.29, 0.717) is 5.52 Å².